The molecule has 0 fully saturated rings. The number of rotatable bonds is 75. The summed E-state index contributed by atoms with van der Waals surface area (Å²) >= 11 is 0. The maximum absolute atomic E-state index is 13.1. The van der Waals surface area contributed by atoms with E-state index in [-0.39, 0.29) is 25.7 Å². The monoisotopic (exact) mass is 1380 g/mol. The van der Waals surface area contributed by atoms with E-state index in [1.165, 1.54) is 205 Å². The highest BCUT2D eigenvalue weighted by Crippen LogP contribution is 2.45. The molecule has 0 heterocycles. The molecule has 94 heavy (non-hydrogen) atoms. The van der Waals surface area contributed by atoms with Crippen LogP contribution in [-0.2, 0) is 65.4 Å². The summed E-state index contributed by atoms with van der Waals surface area (Å²) in [5, 5.41) is 10.6. The van der Waals surface area contributed by atoms with Crippen molar-refractivity contribution in [2.45, 2.75) is 412 Å². The molecular weight excluding hydrogens is 1230 g/mol. The van der Waals surface area contributed by atoms with Gasteiger partial charge in [0.05, 0.1) is 26.4 Å². The third-order valence-corrected chi connectivity index (χ3v) is 19.4. The summed E-state index contributed by atoms with van der Waals surface area (Å²) in [6.07, 6.45) is 57.2. The maximum Gasteiger partial charge on any atom is 0.472 e. The fraction of sp³-hybridized carbons (Fsp3) is 0.947. The van der Waals surface area contributed by atoms with Crippen LogP contribution in [0.5, 0.6) is 0 Å². The molecule has 0 aliphatic heterocycles. The average molecular weight is 1380 g/mol. The van der Waals surface area contributed by atoms with Gasteiger partial charge in [-0.1, -0.05) is 343 Å². The zero-order chi connectivity index (χ0) is 69.1. The minimum atomic E-state index is -4.95. The normalized spacial score (nSPS) is 14.0. The van der Waals surface area contributed by atoms with Crippen molar-refractivity contribution in [3.63, 3.8) is 0 Å². The summed E-state index contributed by atoms with van der Waals surface area (Å²) < 4.78 is 68.3. The highest BCUT2D eigenvalue weighted by Gasteiger charge is 2.30. The standard InChI is InChI=1S/C75H146O17P2/c1-6-9-12-15-18-20-22-24-26-27-28-29-30-31-33-35-37-39-45-50-55-60-74(79)91-71(65-86-73(78)59-54-49-44-38-36-34-32-25-23-21-19-16-13-10-7-2)67-90-94(83,84)88-63-69(76)62-87-93(81,82)89-66-70(64-85-72(77)58-53-48-42-17-14-11-8-3)92-75(80)61-56-51-46-41-40-43-47-52-57-68(4)5/h68-71,76H,6-67H2,1-5H3,(H,81,82)(H,83,84)/t69-,70+,71+/m0/s1. The lowest BCUT2D eigenvalue weighted by Crippen LogP contribution is -2.30. The number of hydrogen-bond donors (Lipinski definition) is 3. The summed E-state index contributed by atoms with van der Waals surface area (Å²) in [6, 6.07) is 0. The highest BCUT2D eigenvalue weighted by molar-refractivity contribution is 7.47. The average Bonchev–Trinajstić information content (AvgIpc) is 1.39. The second kappa shape index (κ2) is 68.2. The number of aliphatic hydroxyl groups is 1. The molecule has 0 aliphatic rings. The number of hydrogen-bond acceptors (Lipinski definition) is 15. The van der Waals surface area contributed by atoms with Crippen LogP contribution in [0.25, 0.3) is 0 Å². The molecule has 0 rings (SSSR count). The Balaban J connectivity index is 5.16. The second-order valence-corrected chi connectivity index (χ2v) is 30.4. The Bertz CT molecular complexity index is 1810. The Morgan fingerprint density at radius 2 is 0.489 bits per heavy atom. The molecule has 558 valence electrons. The number of esters is 4. The minimum Gasteiger partial charge on any atom is -0.462 e. The van der Waals surface area contributed by atoms with Gasteiger partial charge >= 0.3 is 39.5 Å². The van der Waals surface area contributed by atoms with Gasteiger partial charge in [-0.05, 0) is 31.6 Å². The molecule has 0 aromatic rings. The Morgan fingerprint density at radius 3 is 0.723 bits per heavy atom. The van der Waals surface area contributed by atoms with E-state index >= 15 is 0 Å². The summed E-state index contributed by atoms with van der Waals surface area (Å²) in [5.41, 5.74) is 0. The third-order valence-electron chi connectivity index (χ3n) is 17.5. The number of carbonyl (C=O) groups is 4. The van der Waals surface area contributed by atoms with Crippen molar-refractivity contribution < 1.29 is 80.2 Å². The van der Waals surface area contributed by atoms with Crippen LogP contribution in [0.15, 0.2) is 0 Å². The zero-order valence-electron chi connectivity index (χ0n) is 61.1. The number of phosphoric ester groups is 2. The highest BCUT2D eigenvalue weighted by atomic mass is 31.2. The van der Waals surface area contributed by atoms with E-state index in [0.29, 0.717) is 25.7 Å². The van der Waals surface area contributed by atoms with Crippen LogP contribution in [0.4, 0.5) is 0 Å². The van der Waals surface area contributed by atoms with Crippen molar-refractivity contribution in [2.75, 3.05) is 39.6 Å². The molecular formula is C75H146O17P2. The molecule has 2 unspecified atom stereocenters. The fourth-order valence-electron chi connectivity index (χ4n) is 11.5. The quantitative estimate of drug-likeness (QED) is 0.0222. The molecule has 0 spiro atoms. The molecule has 0 saturated carbocycles. The summed E-state index contributed by atoms with van der Waals surface area (Å²) in [6.45, 7) is 7.20. The van der Waals surface area contributed by atoms with Gasteiger partial charge in [-0.15, -0.1) is 0 Å². The van der Waals surface area contributed by atoms with E-state index in [4.69, 9.17) is 37.0 Å². The number of aliphatic hydroxyl groups excluding tert-OH is 1. The molecule has 3 N–H and O–H groups in total. The van der Waals surface area contributed by atoms with Crippen molar-refractivity contribution in [2.24, 2.45) is 5.92 Å². The van der Waals surface area contributed by atoms with Crippen LogP contribution in [0.2, 0.25) is 0 Å². The number of ether oxygens (including phenoxy) is 4. The first kappa shape index (κ1) is 92.1. The summed E-state index contributed by atoms with van der Waals surface area (Å²) in [7, 11) is -9.90. The van der Waals surface area contributed by atoms with Crippen molar-refractivity contribution in [1.82, 2.24) is 0 Å². The van der Waals surface area contributed by atoms with E-state index in [0.717, 1.165) is 109 Å². The van der Waals surface area contributed by atoms with Crippen molar-refractivity contribution >= 4 is 39.5 Å². The molecule has 0 radical (unpaired) electrons. The predicted molar refractivity (Wildman–Crippen MR) is 382 cm³/mol. The van der Waals surface area contributed by atoms with Gasteiger partial charge in [0, 0.05) is 25.7 Å². The fourth-order valence-corrected chi connectivity index (χ4v) is 13.1. The molecule has 19 heteroatoms. The van der Waals surface area contributed by atoms with Gasteiger partial charge in [0.2, 0.25) is 0 Å². The molecule has 0 aromatic carbocycles. The lowest BCUT2D eigenvalue weighted by Gasteiger charge is -2.21. The van der Waals surface area contributed by atoms with Gasteiger partial charge in [-0.3, -0.25) is 37.3 Å². The Morgan fingerprint density at radius 1 is 0.287 bits per heavy atom. The van der Waals surface area contributed by atoms with Crippen molar-refractivity contribution in [3.8, 4) is 0 Å². The van der Waals surface area contributed by atoms with Crippen molar-refractivity contribution in [3.05, 3.63) is 0 Å². The smallest absolute Gasteiger partial charge is 0.462 e. The van der Waals surface area contributed by atoms with Crippen LogP contribution in [0, 0.1) is 5.92 Å². The third kappa shape index (κ3) is 68.6. The first-order valence-corrected chi connectivity index (χ1v) is 42.1. The second-order valence-electron chi connectivity index (χ2n) is 27.5. The van der Waals surface area contributed by atoms with E-state index < -0.39 is 97.5 Å². The number of phosphoric acid groups is 2. The molecule has 5 atom stereocenters. The Labute approximate surface area is 575 Å². The number of unbranched alkanes of at least 4 members (excludes halogenated alkanes) is 47. The van der Waals surface area contributed by atoms with Gasteiger partial charge < -0.3 is 33.8 Å². The zero-order valence-corrected chi connectivity index (χ0v) is 62.9. The van der Waals surface area contributed by atoms with E-state index in [1.807, 2.05) is 0 Å². The first-order chi connectivity index (χ1) is 45.5. The Hall–Kier alpha value is -1.94. The van der Waals surface area contributed by atoms with Crippen LogP contribution < -0.4 is 0 Å². The topological polar surface area (TPSA) is 237 Å². The van der Waals surface area contributed by atoms with Gasteiger partial charge in [-0.2, -0.15) is 0 Å². The van der Waals surface area contributed by atoms with Crippen LogP contribution in [0.3, 0.4) is 0 Å². The van der Waals surface area contributed by atoms with Crippen molar-refractivity contribution in [1.29, 1.82) is 0 Å². The van der Waals surface area contributed by atoms with Crippen LogP contribution in [0.1, 0.15) is 394 Å². The van der Waals surface area contributed by atoms with Gasteiger partial charge in [-0.25, -0.2) is 9.13 Å². The van der Waals surface area contributed by atoms with Gasteiger partial charge in [0.25, 0.3) is 0 Å². The van der Waals surface area contributed by atoms with E-state index in [9.17, 15) is 43.2 Å². The van der Waals surface area contributed by atoms with E-state index in [2.05, 4.69) is 34.6 Å². The molecule has 0 aromatic heterocycles. The molecule has 17 nitrogen and oxygen atoms in total. The van der Waals surface area contributed by atoms with Crippen LogP contribution >= 0.6 is 15.6 Å². The lowest BCUT2D eigenvalue weighted by molar-refractivity contribution is -0.161. The molecule has 0 amide bonds. The molecule has 0 bridgehead atoms. The summed E-state index contributed by atoms with van der Waals surface area (Å²) in [4.78, 5) is 72.6. The van der Waals surface area contributed by atoms with E-state index in [1.54, 1.807) is 0 Å². The van der Waals surface area contributed by atoms with Gasteiger partial charge in [0.1, 0.15) is 19.3 Å². The Kier molecular flexibility index (Phi) is 66.8. The minimum absolute atomic E-state index is 0.105. The largest absolute Gasteiger partial charge is 0.472 e. The first-order valence-electron chi connectivity index (χ1n) is 39.1. The predicted octanol–water partition coefficient (Wildman–Crippen LogP) is 22.1. The maximum atomic E-state index is 13.1. The molecule has 0 saturated heterocycles. The van der Waals surface area contributed by atoms with Gasteiger partial charge in [0.15, 0.2) is 12.2 Å². The van der Waals surface area contributed by atoms with Crippen LogP contribution in [-0.4, -0.2) is 96.7 Å². The SMILES string of the molecule is CCCCCCCCCCCCCCCCCCCCCCCC(=O)O[C@H](COC(=O)CCCCCCCCCCCCCCCCC)COP(=O)(O)OC[C@@H](O)COP(=O)(O)OC[C@@H](COC(=O)CCCCCCCCC)OC(=O)CCCCCCCCCCC(C)C. The summed E-state index contributed by atoms with van der Waals surface area (Å²) in [5.74, 6) is -1.40. The molecule has 0 aliphatic carbocycles. The lowest BCUT2D eigenvalue weighted by atomic mass is 10.0. The number of carbonyl (C=O) groups excluding carboxylic acids is 4.